The molecule has 0 aliphatic heterocycles. The molecule has 1 aromatic rings. The third-order valence-electron chi connectivity index (χ3n) is 1.19. The molecule has 0 aliphatic rings. The number of nitrogens with zero attached hydrogens (tertiary/aromatic N) is 2. The first kappa shape index (κ1) is 9.43. The Hall–Kier alpha value is -1.66. The molecule has 0 aliphatic carbocycles. The summed E-state index contributed by atoms with van der Waals surface area (Å²) in [4.78, 5) is 16.6. The lowest BCUT2D eigenvalue weighted by atomic mass is 10.4. The Labute approximate surface area is 72.1 Å². The van der Waals surface area contributed by atoms with Crippen molar-refractivity contribution in [2.45, 2.75) is 6.18 Å². The van der Waals surface area contributed by atoms with E-state index >= 15 is 0 Å². The summed E-state index contributed by atoms with van der Waals surface area (Å²) in [6.07, 6.45) is -3.41. The van der Waals surface area contributed by atoms with E-state index in [0.29, 0.717) is 12.4 Å². The lowest BCUT2D eigenvalue weighted by Gasteiger charge is -2.03. The molecule has 0 saturated carbocycles. The van der Waals surface area contributed by atoms with E-state index in [2.05, 4.69) is 9.97 Å². The minimum atomic E-state index is -4.55. The van der Waals surface area contributed by atoms with Gasteiger partial charge in [-0.15, -0.1) is 0 Å². The van der Waals surface area contributed by atoms with Gasteiger partial charge in [-0.05, 0) is 0 Å². The quantitative estimate of drug-likeness (QED) is 0.718. The van der Waals surface area contributed by atoms with Crippen molar-refractivity contribution in [3.05, 3.63) is 23.8 Å². The zero-order valence-electron chi connectivity index (χ0n) is 6.17. The third kappa shape index (κ3) is 2.14. The molecule has 0 aromatic carbocycles. The van der Waals surface area contributed by atoms with Gasteiger partial charge in [-0.1, -0.05) is 0 Å². The predicted molar refractivity (Wildman–Crippen MR) is 37.7 cm³/mol. The van der Waals surface area contributed by atoms with Crippen LogP contribution in [0, 0.1) is 0 Å². The highest BCUT2D eigenvalue weighted by molar-refractivity contribution is 5.90. The number of halogens is 3. The van der Waals surface area contributed by atoms with Crippen molar-refractivity contribution in [2.75, 3.05) is 0 Å². The van der Waals surface area contributed by atoms with Crippen molar-refractivity contribution in [2.24, 2.45) is 5.73 Å². The van der Waals surface area contributed by atoms with E-state index < -0.39 is 17.8 Å². The highest BCUT2D eigenvalue weighted by Gasteiger charge is 2.32. The van der Waals surface area contributed by atoms with E-state index in [9.17, 15) is 18.0 Å². The van der Waals surface area contributed by atoms with Crippen molar-refractivity contribution in [1.82, 2.24) is 9.97 Å². The summed E-state index contributed by atoms with van der Waals surface area (Å²) in [6, 6.07) is 0. The van der Waals surface area contributed by atoms with Gasteiger partial charge >= 0.3 is 6.18 Å². The molecule has 1 amide bonds. The number of carbonyl (C=O) groups is 1. The van der Waals surface area contributed by atoms with Crippen LogP contribution in [-0.2, 0) is 6.18 Å². The number of primary amides is 1. The van der Waals surface area contributed by atoms with Crippen LogP contribution in [0.25, 0.3) is 0 Å². The lowest BCUT2D eigenvalue weighted by Crippen LogP contribution is -2.15. The molecule has 0 unspecified atom stereocenters. The van der Waals surface area contributed by atoms with Crippen LogP contribution in [0.4, 0.5) is 13.2 Å². The number of rotatable bonds is 1. The average Bonchev–Trinajstić information content (AvgIpc) is 2.03. The molecule has 0 atom stereocenters. The first-order chi connectivity index (χ1) is 5.91. The number of hydrogen-bond acceptors (Lipinski definition) is 3. The molecular weight excluding hydrogens is 187 g/mol. The Bertz CT molecular complexity index is 324. The van der Waals surface area contributed by atoms with E-state index in [1.807, 2.05) is 0 Å². The number of amides is 1. The summed E-state index contributed by atoms with van der Waals surface area (Å²) < 4.78 is 35.7. The molecule has 13 heavy (non-hydrogen) atoms. The van der Waals surface area contributed by atoms with Gasteiger partial charge in [-0.2, -0.15) is 13.2 Å². The molecule has 0 spiro atoms. The fraction of sp³-hybridized carbons (Fsp3) is 0.167. The second-order valence-corrected chi connectivity index (χ2v) is 2.15. The molecule has 1 heterocycles. The van der Waals surface area contributed by atoms with Crippen LogP contribution in [0.1, 0.15) is 17.6 Å². The predicted octanol–water partition coefficient (Wildman–Crippen LogP) is 0.840. The fourth-order valence-corrected chi connectivity index (χ4v) is 0.602. The van der Waals surface area contributed by atoms with Gasteiger partial charge in [0.15, 0.2) is 5.69 Å². The zero-order valence-corrected chi connectivity index (χ0v) is 6.17. The van der Waals surface area contributed by atoms with Gasteiger partial charge < -0.3 is 5.73 Å². The summed E-state index contributed by atoms with van der Waals surface area (Å²) in [7, 11) is 0. The molecule has 72 valence electrons. The zero-order chi connectivity index (χ0) is 10.1. The average molecular weight is 193 g/mol. The van der Waals surface area contributed by atoms with Crippen LogP contribution in [0.3, 0.4) is 0 Å². The topological polar surface area (TPSA) is 68.9 Å². The Morgan fingerprint density at radius 1 is 1.38 bits per heavy atom. The maximum absolute atomic E-state index is 11.9. The molecule has 1 aromatic heterocycles. The van der Waals surface area contributed by atoms with Gasteiger partial charge in [0.25, 0.3) is 5.91 Å². The molecule has 1 rings (SSSR count). The minimum absolute atomic E-state index is 0. The molecule has 7 heteroatoms. The minimum Gasteiger partial charge on any atom is -0.364 e. The number of aromatic nitrogens is 2. The second kappa shape index (κ2) is 3.00. The van der Waals surface area contributed by atoms with Crippen LogP contribution in [0.2, 0.25) is 0 Å². The Balaban J connectivity index is 0.00000169. The molecular formula is C6H6F3N3O. The van der Waals surface area contributed by atoms with Crippen molar-refractivity contribution >= 4 is 5.91 Å². The Kier molecular flexibility index (Phi) is 2.18. The SMILES string of the molecule is NC(=O)c1cnc(C(F)(F)F)cn1.[HH]. The van der Waals surface area contributed by atoms with E-state index in [1.54, 1.807) is 0 Å². The van der Waals surface area contributed by atoms with E-state index in [4.69, 9.17) is 5.73 Å². The smallest absolute Gasteiger partial charge is 0.364 e. The number of carbonyl (C=O) groups excluding carboxylic acids is 1. The van der Waals surface area contributed by atoms with Crippen molar-refractivity contribution in [3.63, 3.8) is 0 Å². The summed E-state index contributed by atoms with van der Waals surface area (Å²) in [5.41, 5.74) is 3.30. The summed E-state index contributed by atoms with van der Waals surface area (Å²) >= 11 is 0. The molecule has 0 bridgehead atoms. The fourth-order valence-electron chi connectivity index (χ4n) is 0.602. The summed E-state index contributed by atoms with van der Waals surface area (Å²) in [5.74, 6) is -0.916. The molecule has 0 fully saturated rings. The highest BCUT2D eigenvalue weighted by atomic mass is 19.4. The van der Waals surface area contributed by atoms with Gasteiger partial charge in [-0.3, -0.25) is 4.79 Å². The van der Waals surface area contributed by atoms with Crippen molar-refractivity contribution in [3.8, 4) is 0 Å². The summed E-state index contributed by atoms with van der Waals surface area (Å²) in [5, 5.41) is 0. The Morgan fingerprint density at radius 2 is 2.00 bits per heavy atom. The molecule has 4 nitrogen and oxygen atoms in total. The maximum atomic E-state index is 11.9. The van der Waals surface area contributed by atoms with Crippen LogP contribution in [-0.4, -0.2) is 15.9 Å². The largest absolute Gasteiger partial charge is 0.434 e. The highest BCUT2D eigenvalue weighted by Crippen LogP contribution is 2.26. The van der Waals surface area contributed by atoms with Crippen molar-refractivity contribution < 1.29 is 19.4 Å². The van der Waals surface area contributed by atoms with Gasteiger partial charge in [-0.25, -0.2) is 9.97 Å². The van der Waals surface area contributed by atoms with Crippen LogP contribution < -0.4 is 5.73 Å². The molecule has 0 saturated heterocycles. The number of hydrogen-bond donors (Lipinski definition) is 1. The maximum Gasteiger partial charge on any atom is 0.434 e. The van der Waals surface area contributed by atoms with Gasteiger partial charge in [0.1, 0.15) is 5.69 Å². The third-order valence-corrected chi connectivity index (χ3v) is 1.19. The van der Waals surface area contributed by atoms with Crippen LogP contribution in [0.5, 0.6) is 0 Å². The van der Waals surface area contributed by atoms with E-state index in [0.717, 1.165) is 0 Å². The number of nitrogens with two attached hydrogens (primary N) is 1. The monoisotopic (exact) mass is 193 g/mol. The first-order valence-corrected chi connectivity index (χ1v) is 3.10. The Morgan fingerprint density at radius 3 is 2.31 bits per heavy atom. The van der Waals surface area contributed by atoms with Crippen LogP contribution >= 0.6 is 0 Å². The molecule has 2 N–H and O–H groups in total. The van der Waals surface area contributed by atoms with Crippen molar-refractivity contribution in [1.29, 1.82) is 0 Å². The van der Waals surface area contributed by atoms with Gasteiger partial charge in [0, 0.05) is 1.43 Å². The first-order valence-electron chi connectivity index (χ1n) is 3.10. The van der Waals surface area contributed by atoms with Gasteiger partial charge in [0.2, 0.25) is 0 Å². The number of alkyl halides is 3. The standard InChI is InChI=1S/C6H4F3N3O.H2/c7-6(8,9)4-2-11-3(1-12-4)5(10)13;/h1-2H,(H2,10,13);1H. The normalized spacial score (nSPS) is 11.3. The lowest BCUT2D eigenvalue weighted by molar-refractivity contribution is -0.141. The van der Waals surface area contributed by atoms with E-state index in [1.165, 1.54) is 0 Å². The summed E-state index contributed by atoms with van der Waals surface area (Å²) in [6.45, 7) is 0. The van der Waals surface area contributed by atoms with Gasteiger partial charge in [0.05, 0.1) is 12.4 Å². The van der Waals surface area contributed by atoms with Crippen LogP contribution in [0.15, 0.2) is 12.4 Å². The van der Waals surface area contributed by atoms with E-state index in [-0.39, 0.29) is 7.12 Å². The second-order valence-electron chi connectivity index (χ2n) is 2.15. The molecule has 0 radical (unpaired) electrons.